The lowest BCUT2D eigenvalue weighted by molar-refractivity contribution is 0.245. The molecule has 0 atom stereocenters. The molecule has 0 radical (unpaired) electrons. The van der Waals surface area contributed by atoms with E-state index >= 15 is 0 Å². The fourth-order valence-corrected chi connectivity index (χ4v) is 5.36. The van der Waals surface area contributed by atoms with Gasteiger partial charge in [-0.25, -0.2) is 9.97 Å². The zero-order valence-corrected chi connectivity index (χ0v) is 17.8. The maximum Gasteiger partial charge on any atom is 0.169 e. The monoisotopic (exact) mass is 419 g/mol. The van der Waals surface area contributed by atoms with Crippen LogP contribution in [0.5, 0.6) is 5.75 Å². The smallest absolute Gasteiger partial charge is 0.169 e. The second kappa shape index (κ2) is 8.06. The Hall–Kier alpha value is -2.54. The second-order valence-corrected chi connectivity index (χ2v) is 9.22. The summed E-state index contributed by atoms with van der Waals surface area (Å²) in [6.45, 7) is 2.90. The van der Waals surface area contributed by atoms with Gasteiger partial charge in [-0.15, -0.1) is 22.7 Å². The third-order valence-electron chi connectivity index (χ3n) is 5.15. The predicted octanol–water partition coefficient (Wildman–Crippen LogP) is 5.50. The molecule has 0 aliphatic carbocycles. The summed E-state index contributed by atoms with van der Waals surface area (Å²) in [5.41, 5.74) is 3.66. The van der Waals surface area contributed by atoms with Gasteiger partial charge in [-0.3, -0.25) is 4.90 Å². The van der Waals surface area contributed by atoms with E-state index in [9.17, 15) is 0 Å². The van der Waals surface area contributed by atoms with Crippen LogP contribution in [0.2, 0.25) is 0 Å². The second-order valence-electron chi connectivity index (χ2n) is 7.10. The summed E-state index contributed by atoms with van der Waals surface area (Å²) >= 11 is 3.54. The molecule has 0 bridgehead atoms. The van der Waals surface area contributed by atoms with Crippen molar-refractivity contribution in [3.05, 3.63) is 76.2 Å². The van der Waals surface area contributed by atoms with Crippen LogP contribution in [0, 0.1) is 0 Å². The Bertz CT molecular complexity index is 1120. The Morgan fingerprint density at radius 3 is 2.93 bits per heavy atom. The van der Waals surface area contributed by atoms with Crippen molar-refractivity contribution in [1.29, 1.82) is 0 Å². The summed E-state index contributed by atoms with van der Waals surface area (Å²) in [6, 6.07) is 16.8. The fourth-order valence-electron chi connectivity index (χ4n) is 3.65. The molecular formula is C23H21N3OS2. The molecule has 0 fully saturated rings. The van der Waals surface area contributed by atoms with Crippen LogP contribution in [0.1, 0.15) is 16.1 Å². The Morgan fingerprint density at radius 1 is 1.10 bits per heavy atom. The molecule has 5 rings (SSSR count). The van der Waals surface area contributed by atoms with Gasteiger partial charge in [0.25, 0.3) is 0 Å². The molecule has 0 unspecified atom stereocenters. The van der Waals surface area contributed by atoms with Crippen LogP contribution in [0.4, 0.5) is 0 Å². The van der Waals surface area contributed by atoms with E-state index in [1.54, 1.807) is 18.4 Å². The molecule has 3 aromatic heterocycles. The first-order valence-electron chi connectivity index (χ1n) is 9.62. The third kappa shape index (κ3) is 3.96. The van der Waals surface area contributed by atoms with E-state index in [1.165, 1.54) is 26.6 Å². The number of aromatic nitrogens is 2. The summed E-state index contributed by atoms with van der Waals surface area (Å²) in [5.74, 6) is 1.75. The van der Waals surface area contributed by atoms with Crippen molar-refractivity contribution in [1.82, 2.24) is 14.9 Å². The molecule has 0 spiro atoms. The number of hydrogen-bond acceptors (Lipinski definition) is 6. The van der Waals surface area contributed by atoms with Gasteiger partial charge in [0.2, 0.25) is 0 Å². The van der Waals surface area contributed by atoms with E-state index in [1.807, 2.05) is 35.7 Å². The molecule has 6 heteroatoms. The number of fused-ring (bicyclic) bond motifs is 1. The van der Waals surface area contributed by atoms with E-state index in [-0.39, 0.29) is 0 Å². The Balaban J connectivity index is 1.29. The maximum absolute atomic E-state index is 5.36. The minimum atomic E-state index is 0.855. The van der Waals surface area contributed by atoms with E-state index < -0.39 is 0 Å². The van der Waals surface area contributed by atoms with E-state index in [4.69, 9.17) is 9.72 Å². The lowest BCUT2D eigenvalue weighted by Gasteiger charge is -2.27. The highest BCUT2D eigenvalue weighted by molar-refractivity contribution is 7.15. The molecule has 4 nitrogen and oxygen atoms in total. The molecule has 0 saturated heterocycles. The molecule has 1 aliphatic rings. The maximum atomic E-state index is 5.36. The Labute approximate surface area is 178 Å². The average molecular weight is 420 g/mol. The lowest BCUT2D eigenvalue weighted by atomic mass is 10.1. The standard InChI is InChI=1S/C23H21N3OS2/c1-27-18-5-2-4-16(12-18)21-8-7-19(29-21)15-26-10-9-20-17(14-26)13-24-23(25-20)22-6-3-11-28-22/h2-8,11-13H,9-10,14-15H2,1H3. The van der Waals surface area contributed by atoms with Gasteiger partial charge in [0, 0.05) is 47.6 Å². The number of benzene rings is 1. The molecule has 0 saturated carbocycles. The molecular weight excluding hydrogens is 398 g/mol. The molecule has 0 amide bonds. The molecule has 146 valence electrons. The summed E-state index contributed by atoms with van der Waals surface area (Å²) in [5, 5.41) is 2.07. The van der Waals surface area contributed by atoms with Crippen molar-refractivity contribution >= 4 is 22.7 Å². The summed E-state index contributed by atoms with van der Waals surface area (Å²) in [6.07, 6.45) is 2.99. The topological polar surface area (TPSA) is 38.2 Å². The predicted molar refractivity (Wildman–Crippen MR) is 119 cm³/mol. The Morgan fingerprint density at radius 2 is 2.07 bits per heavy atom. The van der Waals surface area contributed by atoms with Crippen molar-refractivity contribution in [2.75, 3.05) is 13.7 Å². The number of rotatable bonds is 5. The highest BCUT2D eigenvalue weighted by atomic mass is 32.1. The first-order valence-corrected chi connectivity index (χ1v) is 11.3. The van der Waals surface area contributed by atoms with Crippen molar-refractivity contribution < 1.29 is 4.74 Å². The van der Waals surface area contributed by atoms with Gasteiger partial charge >= 0.3 is 0 Å². The summed E-state index contributed by atoms with van der Waals surface area (Å²) in [4.78, 5) is 15.7. The zero-order valence-electron chi connectivity index (χ0n) is 16.2. The highest BCUT2D eigenvalue weighted by Gasteiger charge is 2.19. The van der Waals surface area contributed by atoms with E-state index in [0.29, 0.717) is 0 Å². The van der Waals surface area contributed by atoms with Crippen LogP contribution in [-0.4, -0.2) is 28.5 Å². The average Bonchev–Trinajstić information content (AvgIpc) is 3.46. The van der Waals surface area contributed by atoms with Gasteiger partial charge < -0.3 is 4.74 Å². The van der Waals surface area contributed by atoms with Crippen molar-refractivity contribution in [3.63, 3.8) is 0 Å². The number of hydrogen-bond donors (Lipinski definition) is 0. The van der Waals surface area contributed by atoms with Crippen molar-refractivity contribution in [2.45, 2.75) is 19.5 Å². The van der Waals surface area contributed by atoms with Gasteiger partial charge in [-0.2, -0.15) is 0 Å². The van der Waals surface area contributed by atoms with E-state index in [2.05, 4.69) is 45.6 Å². The van der Waals surface area contributed by atoms with Crippen LogP contribution in [0.15, 0.2) is 60.1 Å². The molecule has 4 aromatic rings. The minimum absolute atomic E-state index is 0.855. The minimum Gasteiger partial charge on any atom is -0.497 e. The number of ether oxygens (including phenoxy) is 1. The molecule has 0 N–H and O–H groups in total. The van der Waals surface area contributed by atoms with Gasteiger partial charge in [0.05, 0.1) is 17.7 Å². The van der Waals surface area contributed by atoms with Crippen LogP contribution >= 0.6 is 22.7 Å². The van der Waals surface area contributed by atoms with Crippen molar-refractivity contribution in [2.24, 2.45) is 0 Å². The number of methoxy groups -OCH3 is 1. The van der Waals surface area contributed by atoms with Gasteiger partial charge in [0.15, 0.2) is 5.82 Å². The summed E-state index contributed by atoms with van der Waals surface area (Å²) in [7, 11) is 1.71. The van der Waals surface area contributed by atoms with Crippen LogP contribution < -0.4 is 4.74 Å². The Kier molecular flexibility index (Phi) is 5.14. The van der Waals surface area contributed by atoms with Crippen molar-refractivity contribution in [3.8, 4) is 26.9 Å². The quantitative estimate of drug-likeness (QED) is 0.428. The third-order valence-corrected chi connectivity index (χ3v) is 7.13. The summed E-state index contributed by atoms with van der Waals surface area (Å²) < 4.78 is 5.36. The normalized spacial score (nSPS) is 14.0. The SMILES string of the molecule is COc1cccc(-c2ccc(CN3CCc4nc(-c5cccs5)ncc4C3)s2)c1. The number of nitrogens with zero attached hydrogens (tertiary/aromatic N) is 3. The molecule has 4 heterocycles. The van der Waals surface area contributed by atoms with Gasteiger partial charge in [0.1, 0.15) is 5.75 Å². The first-order chi connectivity index (χ1) is 14.3. The van der Waals surface area contributed by atoms with Gasteiger partial charge in [-0.1, -0.05) is 18.2 Å². The highest BCUT2D eigenvalue weighted by Crippen LogP contribution is 2.32. The largest absolute Gasteiger partial charge is 0.497 e. The first kappa shape index (κ1) is 18.5. The fraction of sp³-hybridized carbons (Fsp3) is 0.217. The molecule has 1 aliphatic heterocycles. The molecule has 29 heavy (non-hydrogen) atoms. The van der Waals surface area contributed by atoms with Crippen LogP contribution in [0.25, 0.3) is 21.1 Å². The van der Waals surface area contributed by atoms with Crippen LogP contribution in [0.3, 0.4) is 0 Å². The van der Waals surface area contributed by atoms with Crippen LogP contribution in [-0.2, 0) is 19.5 Å². The molecule has 1 aromatic carbocycles. The lowest BCUT2D eigenvalue weighted by Crippen LogP contribution is -2.30. The van der Waals surface area contributed by atoms with Gasteiger partial charge in [-0.05, 0) is 41.3 Å². The number of thiophene rings is 2. The zero-order chi connectivity index (χ0) is 19.6. The van der Waals surface area contributed by atoms with E-state index in [0.717, 1.165) is 42.5 Å².